The Kier molecular flexibility index (Phi) is 16.1. The molecule has 3 atom stereocenters. The van der Waals surface area contributed by atoms with Crippen LogP contribution in [0.4, 0.5) is 22.7 Å². The first-order chi connectivity index (χ1) is 35.9. The van der Waals surface area contributed by atoms with Gasteiger partial charge in [0, 0.05) is 71.5 Å². The number of carbonyl (C=O) groups is 4. The molecule has 75 heavy (non-hydrogen) atoms. The summed E-state index contributed by atoms with van der Waals surface area (Å²) in [4.78, 5) is 64.7. The number of nitrogens with one attached hydrogen (secondary N) is 1. The maximum absolute atomic E-state index is 14.2. The second-order valence-electron chi connectivity index (χ2n) is 20.5. The molecule has 4 heterocycles. The minimum Gasteiger partial charge on any atom is -0.493 e. The molecule has 0 radical (unpaired) electrons. The van der Waals surface area contributed by atoms with Crippen LogP contribution < -0.4 is 34.2 Å². The van der Waals surface area contributed by atoms with Gasteiger partial charge in [-0.15, -0.1) is 0 Å². The summed E-state index contributed by atoms with van der Waals surface area (Å²) in [5.74, 6) is 1.35. The minimum absolute atomic E-state index is 0.0135. The van der Waals surface area contributed by atoms with E-state index in [-0.39, 0.29) is 67.2 Å². The molecule has 9 rings (SSSR count). The van der Waals surface area contributed by atoms with E-state index >= 15 is 0 Å². The number of aryl methyl sites for hydroxylation is 2. The number of hydrogen-bond donors (Lipinski definition) is 1. The molecule has 1 unspecified atom stereocenters. The lowest BCUT2D eigenvalue weighted by Gasteiger charge is -2.25. The lowest BCUT2D eigenvalue weighted by molar-refractivity contribution is -0.117. The standard InChI is InChI=1S/C58H65N5O9S3/c1-8-59-32-50(64)54(75(7,68)69)20-22-73-74-58(3,4)21-19-55(65)60-42-25-37(34-71-51-31-49-46(23-36(51)2)57(67)63-44(33-61(49)5)28-41-14-10-12-16-48(41)63)24-38(26-42)35-72-53-29-39-17-18-43-27-40-13-9-11-15-47(40)62(43)56(66)45(39)30-52(53)70-6/h8-16,23-26,29-31,43-44,54H,17-22,27-28,32-35H2,1-7H3,(H,60,65)/t43-,44+,54?/m1/s1. The molecule has 0 saturated heterocycles. The number of ether oxygens (including phenoxy) is 3. The minimum atomic E-state index is -3.59. The third-order valence-electron chi connectivity index (χ3n) is 14.5. The summed E-state index contributed by atoms with van der Waals surface area (Å²) in [5.41, 5.74) is 10.1. The molecule has 3 amide bonds. The van der Waals surface area contributed by atoms with Crippen molar-refractivity contribution in [1.29, 1.82) is 0 Å². The molecular formula is C58H65N5O9S3. The van der Waals surface area contributed by atoms with Crippen LogP contribution >= 0.6 is 21.6 Å². The van der Waals surface area contributed by atoms with Crippen LogP contribution in [-0.4, -0.2) is 99.5 Å². The van der Waals surface area contributed by atoms with Gasteiger partial charge >= 0.3 is 0 Å². The SMILES string of the molecule is CC=NCC(=O)C(CCSSC(C)(C)CCC(=O)Nc1cc(COc2cc3c(cc2C)C(=O)N2c4ccccc4C[C@H]2CN3C)cc(COc2cc3c(cc2OC)C(=O)N2c4ccccc4C[C@H]2CC3)c1)S(C)(=O)=O. The van der Waals surface area contributed by atoms with E-state index in [2.05, 4.69) is 27.3 Å². The number of Topliss-reactive ketones (excluding diaryl/α,β-unsaturated/α-hetero) is 1. The third-order valence-corrected chi connectivity index (χ3v) is 19.4. The second-order valence-corrected chi connectivity index (χ2v) is 25.9. The van der Waals surface area contributed by atoms with Gasteiger partial charge in [0.2, 0.25) is 5.91 Å². The predicted molar refractivity (Wildman–Crippen MR) is 302 cm³/mol. The number of likely N-dealkylation sites (N-methyl/N-ethyl adjacent to an activating group) is 1. The summed E-state index contributed by atoms with van der Waals surface area (Å²) in [5, 5.41) is 2.01. The highest BCUT2D eigenvalue weighted by Gasteiger charge is 2.40. The second kappa shape index (κ2) is 22.5. The number of ketones is 1. The number of anilines is 4. The Bertz CT molecular complexity index is 3180. The average molecular weight is 1070 g/mol. The summed E-state index contributed by atoms with van der Waals surface area (Å²) in [6.07, 6.45) is 6.63. The van der Waals surface area contributed by atoms with Gasteiger partial charge in [0.05, 0.1) is 30.9 Å². The number of para-hydroxylation sites is 2. The van der Waals surface area contributed by atoms with E-state index in [4.69, 9.17) is 14.2 Å². The average Bonchev–Trinajstić information content (AvgIpc) is 3.89. The van der Waals surface area contributed by atoms with Gasteiger partial charge in [-0.2, -0.15) is 0 Å². The van der Waals surface area contributed by atoms with Crippen LogP contribution in [0.5, 0.6) is 17.2 Å². The van der Waals surface area contributed by atoms with E-state index in [1.54, 1.807) is 30.9 Å². The van der Waals surface area contributed by atoms with Gasteiger partial charge in [0.15, 0.2) is 27.1 Å². The van der Waals surface area contributed by atoms with Crippen LogP contribution in [-0.2, 0) is 51.9 Å². The fraction of sp³-hybridized carbons (Fsp3) is 0.397. The van der Waals surface area contributed by atoms with Crippen LogP contribution in [0.3, 0.4) is 0 Å². The van der Waals surface area contributed by atoms with Gasteiger partial charge in [-0.3, -0.25) is 24.2 Å². The lowest BCUT2D eigenvalue weighted by Crippen LogP contribution is -2.41. The number of amides is 3. The molecule has 4 aliphatic heterocycles. The quantitative estimate of drug-likeness (QED) is 0.0446. The zero-order chi connectivity index (χ0) is 53.2. The van der Waals surface area contributed by atoms with Crippen molar-refractivity contribution < 1.29 is 41.8 Å². The Morgan fingerprint density at radius 2 is 1.47 bits per heavy atom. The summed E-state index contributed by atoms with van der Waals surface area (Å²) in [6, 6.07) is 29.6. The topological polar surface area (TPSA) is 164 Å². The predicted octanol–water partition coefficient (Wildman–Crippen LogP) is 10.0. The number of rotatable bonds is 20. The summed E-state index contributed by atoms with van der Waals surface area (Å²) >= 11 is 0. The van der Waals surface area contributed by atoms with Crippen LogP contribution in [0.25, 0.3) is 0 Å². The summed E-state index contributed by atoms with van der Waals surface area (Å²) in [7, 11) is 3.04. The first-order valence-corrected chi connectivity index (χ1v) is 29.7. The molecule has 0 fully saturated rings. The molecular weight excluding hydrogens is 1010 g/mol. The first kappa shape index (κ1) is 53.5. The molecule has 0 aliphatic carbocycles. The number of hydrogen-bond acceptors (Lipinski definition) is 13. The van der Waals surface area contributed by atoms with Crippen molar-refractivity contribution >= 4 is 83.9 Å². The maximum Gasteiger partial charge on any atom is 0.260 e. The highest BCUT2D eigenvalue weighted by molar-refractivity contribution is 8.77. The molecule has 17 heteroatoms. The van der Waals surface area contributed by atoms with Crippen molar-refractivity contribution in [2.75, 3.05) is 59.3 Å². The number of fused-ring (bicyclic) bond motifs is 8. The Labute approximate surface area is 448 Å². The Balaban J connectivity index is 0.915. The van der Waals surface area contributed by atoms with E-state index in [1.807, 2.05) is 110 Å². The van der Waals surface area contributed by atoms with Gasteiger partial charge in [-0.1, -0.05) is 58.0 Å². The Morgan fingerprint density at radius 3 is 2.13 bits per heavy atom. The van der Waals surface area contributed by atoms with Crippen LogP contribution in [0.1, 0.15) is 101 Å². The molecule has 0 bridgehead atoms. The molecule has 4 aliphatic rings. The van der Waals surface area contributed by atoms with Crippen molar-refractivity contribution in [3.05, 3.63) is 136 Å². The third kappa shape index (κ3) is 11.9. The number of sulfone groups is 1. The largest absolute Gasteiger partial charge is 0.493 e. The zero-order valence-electron chi connectivity index (χ0n) is 43.6. The number of methoxy groups -OCH3 is 1. The van der Waals surface area contributed by atoms with Gasteiger partial charge in [0.25, 0.3) is 11.8 Å². The van der Waals surface area contributed by atoms with E-state index < -0.39 is 20.9 Å². The van der Waals surface area contributed by atoms with Crippen molar-refractivity contribution in [1.82, 2.24) is 0 Å². The molecule has 14 nitrogen and oxygen atoms in total. The summed E-state index contributed by atoms with van der Waals surface area (Å²) < 4.78 is 43.5. The Morgan fingerprint density at radius 1 is 0.827 bits per heavy atom. The highest BCUT2D eigenvalue weighted by atomic mass is 33.1. The smallest absolute Gasteiger partial charge is 0.260 e. The number of nitrogens with zero attached hydrogens (tertiary/aromatic N) is 4. The van der Waals surface area contributed by atoms with E-state index in [9.17, 15) is 27.6 Å². The van der Waals surface area contributed by atoms with E-state index in [0.29, 0.717) is 59.2 Å². The molecule has 0 spiro atoms. The van der Waals surface area contributed by atoms with Crippen molar-refractivity contribution in [2.24, 2.45) is 4.99 Å². The maximum atomic E-state index is 14.2. The van der Waals surface area contributed by atoms with Crippen molar-refractivity contribution in [3.63, 3.8) is 0 Å². The fourth-order valence-corrected chi connectivity index (χ4v) is 14.6. The van der Waals surface area contributed by atoms with Crippen LogP contribution in [0.2, 0.25) is 0 Å². The van der Waals surface area contributed by atoms with Crippen LogP contribution in [0, 0.1) is 6.92 Å². The van der Waals surface area contributed by atoms with Crippen LogP contribution in [0.15, 0.2) is 96.0 Å². The first-order valence-electron chi connectivity index (χ1n) is 25.5. The fourth-order valence-electron chi connectivity index (χ4n) is 10.7. The van der Waals surface area contributed by atoms with Gasteiger partial charge in [0.1, 0.15) is 24.2 Å². The molecule has 0 aromatic heterocycles. The van der Waals surface area contributed by atoms with Crippen molar-refractivity contribution in [2.45, 2.75) is 108 Å². The number of aliphatic imine (C=N–C) groups is 1. The number of carbonyl (C=O) groups excluding carboxylic acids is 4. The highest BCUT2D eigenvalue weighted by Crippen LogP contribution is 2.43. The molecule has 394 valence electrons. The Hall–Kier alpha value is -6.30. The molecule has 5 aromatic carbocycles. The van der Waals surface area contributed by atoms with Gasteiger partial charge in [-0.25, -0.2) is 8.42 Å². The number of benzene rings is 5. The normalized spacial score (nSPS) is 17.3. The molecule has 1 N–H and O–H groups in total. The van der Waals surface area contributed by atoms with Gasteiger partial charge < -0.3 is 34.2 Å². The van der Waals surface area contributed by atoms with E-state index in [1.165, 1.54) is 28.1 Å². The van der Waals surface area contributed by atoms with E-state index in [0.717, 1.165) is 64.8 Å². The lowest BCUT2D eigenvalue weighted by atomic mass is 9.99. The zero-order valence-corrected chi connectivity index (χ0v) is 46.1. The summed E-state index contributed by atoms with van der Waals surface area (Å²) in [6.45, 7) is 8.48. The van der Waals surface area contributed by atoms with Crippen molar-refractivity contribution in [3.8, 4) is 17.2 Å². The van der Waals surface area contributed by atoms with Gasteiger partial charge in [-0.05, 0) is 154 Å². The monoisotopic (exact) mass is 1070 g/mol. The molecule has 0 saturated carbocycles. The molecule has 5 aromatic rings.